The summed E-state index contributed by atoms with van der Waals surface area (Å²) < 4.78 is 12.5. The smallest absolute Gasteiger partial charge is 0.337 e. The Balaban J connectivity index is 1.66. The molecule has 0 unspecified atom stereocenters. The Labute approximate surface area is 186 Å². The minimum absolute atomic E-state index is 0.337. The van der Waals surface area contributed by atoms with E-state index in [1.807, 2.05) is 42.5 Å². The third-order valence-electron chi connectivity index (χ3n) is 5.30. The van der Waals surface area contributed by atoms with Crippen molar-refractivity contribution in [2.45, 2.75) is 30.2 Å². The standard InChI is InChI=1S/C23H26N4O3S/c1-29-20-12-5-4-11-19(20)27-22(26-13-6-3-7-14-26)24-25-23(27)31-16-17-9-8-10-18(15-17)21(28)30-2/h4-5,8-12,15H,3,6-7,13-14,16H2,1-2H3. The molecular weight excluding hydrogens is 412 g/mol. The maximum absolute atomic E-state index is 11.9. The van der Waals surface area contributed by atoms with Gasteiger partial charge in [0, 0.05) is 18.8 Å². The first-order chi connectivity index (χ1) is 15.2. The maximum atomic E-state index is 11.9. The number of anilines is 1. The summed E-state index contributed by atoms with van der Waals surface area (Å²) in [6.07, 6.45) is 3.56. The molecular formula is C23H26N4O3S. The highest BCUT2D eigenvalue weighted by Gasteiger charge is 2.23. The van der Waals surface area contributed by atoms with Gasteiger partial charge in [-0.1, -0.05) is 36.0 Å². The van der Waals surface area contributed by atoms with Gasteiger partial charge in [0.1, 0.15) is 5.75 Å². The van der Waals surface area contributed by atoms with Crippen molar-refractivity contribution in [3.63, 3.8) is 0 Å². The molecule has 1 aromatic heterocycles. The van der Waals surface area contributed by atoms with Crippen LogP contribution in [-0.2, 0) is 10.5 Å². The molecule has 1 aliphatic heterocycles. The summed E-state index contributed by atoms with van der Waals surface area (Å²) in [5, 5.41) is 9.86. The minimum Gasteiger partial charge on any atom is -0.495 e. The number of aromatic nitrogens is 3. The Hall–Kier alpha value is -3.00. The lowest BCUT2D eigenvalue weighted by Gasteiger charge is -2.28. The van der Waals surface area contributed by atoms with E-state index in [0.29, 0.717) is 11.3 Å². The van der Waals surface area contributed by atoms with Crippen LogP contribution in [0.25, 0.3) is 5.69 Å². The van der Waals surface area contributed by atoms with E-state index in [4.69, 9.17) is 9.47 Å². The summed E-state index contributed by atoms with van der Waals surface area (Å²) >= 11 is 1.58. The molecule has 0 N–H and O–H groups in total. The number of methoxy groups -OCH3 is 2. The van der Waals surface area contributed by atoms with Gasteiger partial charge in [-0.3, -0.25) is 4.57 Å². The lowest BCUT2D eigenvalue weighted by Crippen LogP contribution is -2.31. The molecule has 2 aromatic carbocycles. The Morgan fingerprint density at radius 2 is 1.84 bits per heavy atom. The van der Waals surface area contributed by atoms with Crippen molar-refractivity contribution in [1.29, 1.82) is 0 Å². The van der Waals surface area contributed by atoms with Gasteiger partial charge < -0.3 is 14.4 Å². The van der Waals surface area contributed by atoms with Crippen LogP contribution >= 0.6 is 11.8 Å². The molecule has 2 heterocycles. The van der Waals surface area contributed by atoms with E-state index < -0.39 is 0 Å². The molecule has 0 saturated carbocycles. The fourth-order valence-corrected chi connectivity index (χ4v) is 4.62. The Kier molecular flexibility index (Phi) is 6.76. The first-order valence-electron chi connectivity index (χ1n) is 10.3. The van der Waals surface area contributed by atoms with E-state index in [1.165, 1.54) is 13.5 Å². The molecule has 0 atom stereocenters. The van der Waals surface area contributed by atoms with Crippen LogP contribution in [0, 0.1) is 0 Å². The Bertz CT molecular complexity index is 1050. The van der Waals surface area contributed by atoms with Crippen LogP contribution < -0.4 is 9.64 Å². The summed E-state index contributed by atoms with van der Waals surface area (Å²) in [5.74, 6) is 1.93. The number of esters is 1. The monoisotopic (exact) mass is 438 g/mol. The predicted molar refractivity (Wildman–Crippen MR) is 121 cm³/mol. The number of para-hydroxylation sites is 2. The van der Waals surface area contributed by atoms with Crippen molar-refractivity contribution < 1.29 is 14.3 Å². The van der Waals surface area contributed by atoms with Crippen molar-refractivity contribution in [2.75, 3.05) is 32.2 Å². The van der Waals surface area contributed by atoms with Crippen LogP contribution in [0.3, 0.4) is 0 Å². The van der Waals surface area contributed by atoms with Crippen molar-refractivity contribution >= 4 is 23.7 Å². The number of thioether (sulfide) groups is 1. The zero-order valence-electron chi connectivity index (χ0n) is 17.8. The second-order valence-corrected chi connectivity index (χ2v) is 8.26. The van der Waals surface area contributed by atoms with Gasteiger partial charge in [0.25, 0.3) is 0 Å². The fraction of sp³-hybridized carbons (Fsp3) is 0.348. The van der Waals surface area contributed by atoms with Gasteiger partial charge in [-0.05, 0) is 49.1 Å². The molecule has 0 amide bonds. The molecule has 1 saturated heterocycles. The average Bonchev–Trinajstić information content (AvgIpc) is 3.26. The summed E-state index contributed by atoms with van der Waals surface area (Å²) in [5.41, 5.74) is 2.48. The zero-order valence-corrected chi connectivity index (χ0v) is 18.6. The minimum atomic E-state index is -0.337. The fourth-order valence-electron chi connectivity index (χ4n) is 3.73. The molecule has 1 fully saturated rings. The highest BCUT2D eigenvalue weighted by atomic mass is 32.2. The third kappa shape index (κ3) is 4.69. The summed E-state index contributed by atoms with van der Waals surface area (Å²) in [6.45, 7) is 1.94. The highest BCUT2D eigenvalue weighted by molar-refractivity contribution is 7.98. The van der Waals surface area contributed by atoms with E-state index in [2.05, 4.69) is 19.7 Å². The number of hydrogen-bond acceptors (Lipinski definition) is 7. The number of ether oxygens (including phenoxy) is 2. The van der Waals surface area contributed by atoms with Crippen LogP contribution in [0.15, 0.2) is 53.7 Å². The highest BCUT2D eigenvalue weighted by Crippen LogP contribution is 2.34. The second-order valence-electron chi connectivity index (χ2n) is 7.32. The lowest BCUT2D eigenvalue weighted by molar-refractivity contribution is 0.0600. The molecule has 0 aliphatic carbocycles. The van der Waals surface area contributed by atoms with Gasteiger partial charge in [-0.15, -0.1) is 10.2 Å². The van der Waals surface area contributed by atoms with Crippen LogP contribution in [0.2, 0.25) is 0 Å². The van der Waals surface area contributed by atoms with Crippen molar-refractivity contribution in [2.24, 2.45) is 0 Å². The first kappa shape index (κ1) is 21.2. The number of carbonyl (C=O) groups is 1. The third-order valence-corrected chi connectivity index (χ3v) is 6.30. The number of hydrogen-bond donors (Lipinski definition) is 0. The average molecular weight is 439 g/mol. The van der Waals surface area contributed by atoms with E-state index >= 15 is 0 Å². The normalized spacial score (nSPS) is 13.8. The first-order valence-corrected chi connectivity index (χ1v) is 11.3. The summed E-state index contributed by atoms with van der Waals surface area (Å²) in [7, 11) is 3.07. The number of carbonyl (C=O) groups excluding carboxylic acids is 1. The SMILES string of the molecule is COC(=O)c1cccc(CSc2nnc(N3CCCCC3)n2-c2ccccc2OC)c1. The van der Waals surface area contributed by atoms with Crippen molar-refractivity contribution in [1.82, 2.24) is 14.8 Å². The Morgan fingerprint density at radius 1 is 1.03 bits per heavy atom. The van der Waals surface area contributed by atoms with Crippen LogP contribution in [0.1, 0.15) is 35.2 Å². The number of piperidine rings is 1. The quantitative estimate of drug-likeness (QED) is 0.401. The van der Waals surface area contributed by atoms with Gasteiger partial charge >= 0.3 is 5.97 Å². The largest absolute Gasteiger partial charge is 0.495 e. The maximum Gasteiger partial charge on any atom is 0.337 e. The van der Waals surface area contributed by atoms with Gasteiger partial charge in [0.05, 0.1) is 25.5 Å². The van der Waals surface area contributed by atoms with Crippen LogP contribution in [-0.4, -0.2) is 48.0 Å². The van der Waals surface area contributed by atoms with Crippen LogP contribution in [0.5, 0.6) is 5.75 Å². The van der Waals surface area contributed by atoms with E-state index in [1.54, 1.807) is 24.9 Å². The molecule has 0 radical (unpaired) electrons. The van der Waals surface area contributed by atoms with Gasteiger partial charge in [0.15, 0.2) is 5.16 Å². The second kappa shape index (κ2) is 9.87. The van der Waals surface area contributed by atoms with E-state index in [-0.39, 0.29) is 5.97 Å². The molecule has 0 spiro atoms. The summed E-state index contributed by atoms with van der Waals surface area (Å²) in [4.78, 5) is 14.1. The molecule has 7 nitrogen and oxygen atoms in total. The van der Waals surface area contributed by atoms with E-state index in [0.717, 1.165) is 54.0 Å². The topological polar surface area (TPSA) is 69.5 Å². The predicted octanol–water partition coefficient (Wildman–Crippen LogP) is 4.35. The van der Waals surface area contributed by atoms with Gasteiger partial charge in [0.2, 0.25) is 5.95 Å². The molecule has 162 valence electrons. The molecule has 31 heavy (non-hydrogen) atoms. The number of benzene rings is 2. The lowest BCUT2D eigenvalue weighted by atomic mass is 10.1. The van der Waals surface area contributed by atoms with Crippen LogP contribution in [0.4, 0.5) is 5.95 Å². The number of rotatable bonds is 7. The molecule has 4 rings (SSSR count). The molecule has 3 aromatic rings. The number of nitrogens with zero attached hydrogens (tertiary/aromatic N) is 4. The van der Waals surface area contributed by atoms with Gasteiger partial charge in [-0.2, -0.15) is 0 Å². The molecule has 8 heteroatoms. The van der Waals surface area contributed by atoms with E-state index in [9.17, 15) is 4.79 Å². The Morgan fingerprint density at radius 3 is 2.61 bits per heavy atom. The summed E-state index contributed by atoms with van der Waals surface area (Å²) in [6, 6.07) is 15.4. The van der Waals surface area contributed by atoms with Crippen molar-refractivity contribution in [3.8, 4) is 11.4 Å². The molecule has 0 bridgehead atoms. The van der Waals surface area contributed by atoms with Crippen molar-refractivity contribution in [3.05, 3.63) is 59.7 Å². The zero-order chi connectivity index (χ0) is 21.6. The molecule has 1 aliphatic rings. The van der Waals surface area contributed by atoms with Gasteiger partial charge in [-0.25, -0.2) is 4.79 Å².